The summed E-state index contributed by atoms with van der Waals surface area (Å²) in [7, 11) is -8.67. The maximum atomic E-state index is 11.4. The number of thiophene rings is 1. The number of allylic oxidation sites excluding steroid dienone is 4. The molecule has 1 fully saturated rings. The number of anilines is 1. The van der Waals surface area contributed by atoms with Gasteiger partial charge in [-0.15, -0.1) is 23.1 Å². The summed E-state index contributed by atoms with van der Waals surface area (Å²) in [6.45, 7) is 11.9. The quantitative estimate of drug-likeness (QED) is 0.0736. The van der Waals surface area contributed by atoms with Gasteiger partial charge in [0.15, 0.2) is 13.1 Å². The van der Waals surface area contributed by atoms with Gasteiger partial charge in [-0.25, -0.2) is 21.4 Å². The highest BCUT2D eigenvalue weighted by Gasteiger charge is 2.28. The van der Waals surface area contributed by atoms with Crippen molar-refractivity contribution in [1.82, 2.24) is 4.90 Å². The second kappa shape index (κ2) is 20.6. The Morgan fingerprint density at radius 1 is 0.869 bits per heavy atom. The molecule has 0 saturated carbocycles. The molecule has 17 heteroatoms. The third-order valence-electron chi connectivity index (χ3n) is 10.6. The Balaban J connectivity index is 0.000000276. The maximum Gasteiger partial charge on any atom is 0.263 e. The predicted octanol–water partition coefficient (Wildman–Crippen LogP) is 9.30. The lowest BCUT2D eigenvalue weighted by Crippen LogP contribution is -2.36. The zero-order valence-electron chi connectivity index (χ0n) is 34.4. The van der Waals surface area contributed by atoms with Crippen molar-refractivity contribution in [2.24, 2.45) is 0 Å². The number of hydrogen-bond acceptors (Lipinski definition) is 13. The van der Waals surface area contributed by atoms with Gasteiger partial charge in [0.25, 0.3) is 5.01 Å². The van der Waals surface area contributed by atoms with Crippen LogP contribution < -0.4 is 9.47 Å². The van der Waals surface area contributed by atoms with E-state index in [1.807, 2.05) is 47.1 Å². The molecule has 61 heavy (non-hydrogen) atoms. The first-order chi connectivity index (χ1) is 29.4. The fourth-order valence-corrected chi connectivity index (χ4v) is 13.9. The molecular formula is C44H50N4O6S7. The van der Waals surface area contributed by atoms with E-state index in [0.717, 1.165) is 70.4 Å². The molecule has 5 heterocycles. The molecular weight excluding hydrogens is 905 g/mol. The van der Waals surface area contributed by atoms with E-state index in [1.54, 1.807) is 34.4 Å². The van der Waals surface area contributed by atoms with Crippen LogP contribution in [0.3, 0.4) is 0 Å². The topological polar surface area (TPSA) is 128 Å². The molecule has 0 aliphatic carbocycles. The lowest BCUT2D eigenvalue weighted by atomic mass is 10.1. The van der Waals surface area contributed by atoms with E-state index in [2.05, 4.69) is 106 Å². The number of thiazole rings is 1. The molecule has 0 amide bonds. The smallest absolute Gasteiger partial charge is 0.263 e. The predicted molar refractivity (Wildman–Crippen MR) is 259 cm³/mol. The van der Waals surface area contributed by atoms with E-state index in [9.17, 15) is 25.9 Å². The molecule has 324 valence electrons. The number of nitrogens with zero attached hydrogens (tertiary/aromatic N) is 4. The average Bonchev–Trinajstić information content (AvgIpc) is 4.08. The third-order valence-corrected chi connectivity index (χ3v) is 17.4. The first-order valence-corrected chi connectivity index (χ1v) is 28.1. The SMILES string of the molecule is CCC(/C=C1\Sc2ccc3ccccc3c2N1CCCS(=O)(=O)[O-])=C\c1sc2ccc3sccc3c2[n+]1CCCS(=O)(=O)[O-].CCN1CCS/C1=C/C=C/C1=[N+](CC)CCS1. The Labute approximate surface area is 380 Å². The van der Waals surface area contributed by atoms with Crippen LogP contribution in [-0.4, -0.2) is 96.2 Å². The summed E-state index contributed by atoms with van der Waals surface area (Å²) in [5, 5.41) is 10.0. The summed E-state index contributed by atoms with van der Waals surface area (Å²) in [5.74, 6) is 1.61. The number of benzene rings is 3. The van der Waals surface area contributed by atoms with Crippen molar-refractivity contribution in [2.75, 3.05) is 60.6 Å². The Morgan fingerprint density at radius 3 is 2.43 bits per heavy atom. The molecule has 1 saturated heterocycles. The first-order valence-electron chi connectivity index (χ1n) is 20.5. The molecule has 3 aliphatic heterocycles. The molecule has 0 spiro atoms. The van der Waals surface area contributed by atoms with E-state index < -0.39 is 31.7 Å². The normalized spacial score (nSPS) is 17.6. The van der Waals surface area contributed by atoms with Crippen LogP contribution in [0.1, 0.15) is 45.0 Å². The second-order valence-electron chi connectivity index (χ2n) is 14.6. The lowest BCUT2D eigenvalue weighted by molar-refractivity contribution is -0.667. The monoisotopic (exact) mass is 954 g/mol. The molecule has 0 radical (unpaired) electrons. The van der Waals surface area contributed by atoms with Crippen LogP contribution in [0.5, 0.6) is 0 Å². The van der Waals surface area contributed by atoms with Gasteiger partial charge in [0.1, 0.15) is 11.2 Å². The van der Waals surface area contributed by atoms with Gasteiger partial charge in [0, 0.05) is 70.4 Å². The van der Waals surface area contributed by atoms with Crippen LogP contribution in [0.25, 0.3) is 37.2 Å². The number of thioether (sulfide) groups is 3. The first kappa shape index (κ1) is 45.9. The molecule has 0 atom stereocenters. The fourth-order valence-electron chi connectivity index (χ4n) is 7.61. The number of hydrogen-bond donors (Lipinski definition) is 0. The van der Waals surface area contributed by atoms with E-state index in [4.69, 9.17) is 0 Å². The summed E-state index contributed by atoms with van der Waals surface area (Å²) in [4.78, 5) is 5.62. The van der Waals surface area contributed by atoms with Crippen molar-refractivity contribution in [2.45, 2.75) is 51.5 Å². The maximum absolute atomic E-state index is 11.4. The molecule has 2 aromatic heterocycles. The number of fused-ring (bicyclic) bond motifs is 6. The standard InChI is InChI=1S/C31H30N2O6S5.C13H21N2S2/c1-2-21(20-29-33(15-6-18-44(37,38)39)31-24-13-16-40-25(24)11-12-27(31)42-29)19-28-32(14-5-17-43(34,35)36)30-23-8-4-3-7-22(23)9-10-26(30)41-28;1-3-14-8-10-16-12(14)6-5-7-13-15(4-2)9-11-17-13/h3-4,7-13,16,19-20H,2,5-6,14-15,17-18H2,1H3,(H-,34,35,36,37,38,39);5-7H,3-4,8-11H2,1-2H3/q;+1/p-1. The largest absolute Gasteiger partial charge is 0.748 e. The Bertz CT molecular complexity index is 2790. The van der Waals surface area contributed by atoms with Crippen molar-refractivity contribution in [3.63, 3.8) is 0 Å². The minimum atomic E-state index is -4.34. The van der Waals surface area contributed by atoms with E-state index >= 15 is 0 Å². The summed E-state index contributed by atoms with van der Waals surface area (Å²) < 4.78 is 75.2. The minimum absolute atomic E-state index is 0.202. The van der Waals surface area contributed by atoms with Gasteiger partial charge < -0.3 is 18.9 Å². The zero-order chi connectivity index (χ0) is 43.1. The summed E-state index contributed by atoms with van der Waals surface area (Å²) in [5.41, 5.74) is 3.07. The highest BCUT2D eigenvalue weighted by Crippen LogP contribution is 2.50. The van der Waals surface area contributed by atoms with Crippen LogP contribution >= 0.6 is 58.0 Å². The summed E-state index contributed by atoms with van der Waals surface area (Å²) in [6.07, 6.45) is 12.1. The number of aryl methyl sites for hydroxylation is 1. The Kier molecular flexibility index (Phi) is 15.5. The van der Waals surface area contributed by atoms with Gasteiger partial charge in [0.05, 0.1) is 47.1 Å². The van der Waals surface area contributed by atoms with E-state index in [0.29, 0.717) is 19.5 Å². The Morgan fingerprint density at radius 2 is 1.66 bits per heavy atom. The number of aromatic nitrogens is 1. The van der Waals surface area contributed by atoms with Crippen LogP contribution in [-0.2, 0) is 26.8 Å². The van der Waals surface area contributed by atoms with Crippen molar-refractivity contribution in [1.29, 1.82) is 0 Å². The van der Waals surface area contributed by atoms with Crippen LogP contribution in [0.4, 0.5) is 5.69 Å². The van der Waals surface area contributed by atoms with Crippen molar-refractivity contribution < 1.29 is 35.1 Å². The van der Waals surface area contributed by atoms with Gasteiger partial charge >= 0.3 is 0 Å². The van der Waals surface area contributed by atoms with Crippen molar-refractivity contribution in [3.05, 3.63) is 105 Å². The highest BCUT2D eigenvalue weighted by atomic mass is 32.2. The summed E-state index contributed by atoms with van der Waals surface area (Å²) >= 11 is 8.82. The molecule has 5 aromatic rings. The van der Waals surface area contributed by atoms with Gasteiger partial charge in [-0.3, -0.25) is 0 Å². The van der Waals surface area contributed by atoms with Gasteiger partial charge in [0.2, 0.25) is 10.6 Å². The zero-order valence-corrected chi connectivity index (χ0v) is 40.2. The van der Waals surface area contributed by atoms with Crippen molar-refractivity contribution in [3.8, 4) is 0 Å². The van der Waals surface area contributed by atoms with E-state index in [1.165, 1.54) is 34.7 Å². The average molecular weight is 955 g/mol. The molecule has 8 rings (SSSR count). The molecule has 0 unspecified atom stereocenters. The lowest BCUT2D eigenvalue weighted by Gasteiger charge is -2.22. The Hall–Kier alpha value is -3.13. The van der Waals surface area contributed by atoms with Crippen LogP contribution in [0.2, 0.25) is 0 Å². The highest BCUT2D eigenvalue weighted by molar-refractivity contribution is 8.14. The second-order valence-corrected chi connectivity index (χ2v) is 22.9. The van der Waals surface area contributed by atoms with Crippen LogP contribution in [0.15, 0.2) is 105 Å². The van der Waals surface area contributed by atoms with Gasteiger partial charge in [-0.2, -0.15) is 4.57 Å². The van der Waals surface area contributed by atoms with E-state index in [-0.39, 0.29) is 12.8 Å². The number of rotatable bonds is 15. The minimum Gasteiger partial charge on any atom is -0.748 e. The molecule has 3 aromatic carbocycles. The third kappa shape index (κ3) is 11.5. The van der Waals surface area contributed by atoms with Gasteiger partial charge in [-0.05, 0) is 79.4 Å². The summed E-state index contributed by atoms with van der Waals surface area (Å²) in [6, 6.07) is 18.5. The van der Waals surface area contributed by atoms with Gasteiger partial charge in [-0.1, -0.05) is 78.2 Å². The van der Waals surface area contributed by atoms with Crippen molar-refractivity contribution >= 4 is 126 Å². The molecule has 10 nitrogen and oxygen atoms in total. The molecule has 0 bridgehead atoms. The molecule has 3 aliphatic rings. The molecule has 0 N–H and O–H groups in total. The van der Waals surface area contributed by atoms with Crippen LogP contribution in [0, 0.1) is 0 Å². The fraction of sp³-hybridized carbons (Fsp3) is 0.364.